The minimum atomic E-state index is -0.0933. The molecule has 1 heterocycles. The Hall–Kier alpha value is -0.940. The van der Waals surface area contributed by atoms with Gasteiger partial charge in [-0.3, -0.25) is 14.5 Å². The number of hydrogen-bond donors (Lipinski definition) is 2. The quantitative estimate of drug-likeness (QED) is 0.766. The molecule has 114 valence electrons. The van der Waals surface area contributed by atoms with E-state index in [9.17, 15) is 9.59 Å². The summed E-state index contributed by atoms with van der Waals surface area (Å²) in [6.07, 6.45) is 3.89. The fraction of sp³-hybridized carbons (Fsp3) is 0.867. The van der Waals surface area contributed by atoms with Crippen LogP contribution < -0.4 is 10.6 Å². The molecule has 1 aliphatic heterocycles. The highest BCUT2D eigenvalue weighted by molar-refractivity contribution is 5.87. The lowest BCUT2D eigenvalue weighted by atomic mass is 9.77. The predicted molar refractivity (Wildman–Crippen MR) is 78.4 cm³/mol. The van der Waals surface area contributed by atoms with Gasteiger partial charge >= 0.3 is 0 Å². The van der Waals surface area contributed by atoms with E-state index in [4.69, 9.17) is 0 Å². The standard InChI is InChI=1S/C15H27N3O2/c1-12(19)13-4-2-3-5-14(13)15(20)17-8-11-18-9-6-16-7-10-18/h13-14,16H,2-11H2,1H3,(H,17,20)/t13-,14-/m0/s1. The summed E-state index contributed by atoms with van der Waals surface area (Å²) >= 11 is 0. The molecule has 0 unspecified atom stereocenters. The summed E-state index contributed by atoms with van der Waals surface area (Å²) in [7, 11) is 0. The Balaban J connectivity index is 1.73. The molecule has 5 nitrogen and oxygen atoms in total. The molecule has 0 aromatic rings. The van der Waals surface area contributed by atoms with E-state index in [2.05, 4.69) is 15.5 Å². The molecule has 20 heavy (non-hydrogen) atoms. The van der Waals surface area contributed by atoms with E-state index >= 15 is 0 Å². The topological polar surface area (TPSA) is 61.4 Å². The third-order valence-corrected chi connectivity index (χ3v) is 4.56. The van der Waals surface area contributed by atoms with Crippen molar-refractivity contribution in [3.05, 3.63) is 0 Å². The molecule has 0 bridgehead atoms. The number of nitrogens with one attached hydrogen (secondary N) is 2. The first-order valence-corrected chi connectivity index (χ1v) is 7.89. The van der Waals surface area contributed by atoms with Crippen LogP contribution in [0.25, 0.3) is 0 Å². The number of Topliss-reactive ketones (excluding diaryl/α,β-unsaturated/α-hetero) is 1. The Labute approximate surface area is 121 Å². The number of carbonyl (C=O) groups is 2. The Morgan fingerprint density at radius 1 is 1.15 bits per heavy atom. The number of rotatable bonds is 5. The lowest BCUT2D eigenvalue weighted by Crippen LogP contribution is -2.47. The predicted octanol–water partition coefficient (Wildman–Crippen LogP) is 0.403. The average Bonchev–Trinajstić information content (AvgIpc) is 2.48. The lowest BCUT2D eigenvalue weighted by molar-refractivity contribution is -0.134. The zero-order chi connectivity index (χ0) is 14.4. The van der Waals surface area contributed by atoms with Crippen molar-refractivity contribution in [2.75, 3.05) is 39.3 Å². The summed E-state index contributed by atoms with van der Waals surface area (Å²) in [5.41, 5.74) is 0. The average molecular weight is 281 g/mol. The first-order valence-electron chi connectivity index (χ1n) is 7.89. The van der Waals surface area contributed by atoms with Gasteiger partial charge in [0.25, 0.3) is 0 Å². The Morgan fingerprint density at radius 3 is 2.45 bits per heavy atom. The molecule has 2 aliphatic rings. The molecule has 0 radical (unpaired) electrons. The van der Waals surface area contributed by atoms with Gasteiger partial charge in [-0.2, -0.15) is 0 Å². The maximum Gasteiger partial charge on any atom is 0.223 e. The number of hydrogen-bond acceptors (Lipinski definition) is 4. The molecular weight excluding hydrogens is 254 g/mol. The molecule has 2 atom stereocenters. The van der Waals surface area contributed by atoms with Crippen LogP contribution in [0, 0.1) is 11.8 Å². The van der Waals surface area contributed by atoms with E-state index in [-0.39, 0.29) is 23.5 Å². The van der Waals surface area contributed by atoms with Gasteiger partial charge in [0.05, 0.1) is 0 Å². The summed E-state index contributed by atoms with van der Waals surface area (Å²) in [6.45, 7) is 7.39. The van der Waals surface area contributed by atoms with E-state index < -0.39 is 0 Å². The van der Waals surface area contributed by atoms with E-state index in [0.717, 1.165) is 58.4 Å². The Morgan fingerprint density at radius 2 is 1.80 bits per heavy atom. The minimum absolute atomic E-state index is 0.0528. The molecular formula is C15H27N3O2. The lowest BCUT2D eigenvalue weighted by Gasteiger charge is -2.30. The molecule has 1 saturated heterocycles. The van der Waals surface area contributed by atoms with Crippen LogP contribution in [0.5, 0.6) is 0 Å². The fourth-order valence-corrected chi connectivity index (χ4v) is 3.33. The third-order valence-electron chi connectivity index (χ3n) is 4.56. The second-order valence-electron chi connectivity index (χ2n) is 5.99. The van der Waals surface area contributed by atoms with Crippen molar-refractivity contribution >= 4 is 11.7 Å². The minimum Gasteiger partial charge on any atom is -0.355 e. The molecule has 5 heteroatoms. The van der Waals surface area contributed by atoms with Crippen molar-refractivity contribution in [3.8, 4) is 0 Å². The molecule has 0 aromatic carbocycles. The second-order valence-corrected chi connectivity index (χ2v) is 5.99. The van der Waals surface area contributed by atoms with Crippen LogP contribution in [0.3, 0.4) is 0 Å². The summed E-state index contributed by atoms with van der Waals surface area (Å²) in [6, 6.07) is 0. The largest absolute Gasteiger partial charge is 0.355 e. The number of ketones is 1. The van der Waals surface area contributed by atoms with Crippen molar-refractivity contribution in [1.82, 2.24) is 15.5 Å². The van der Waals surface area contributed by atoms with Crippen LogP contribution in [-0.4, -0.2) is 55.9 Å². The maximum atomic E-state index is 12.3. The molecule has 1 saturated carbocycles. The van der Waals surface area contributed by atoms with E-state index in [1.54, 1.807) is 6.92 Å². The van der Waals surface area contributed by atoms with Crippen molar-refractivity contribution in [2.24, 2.45) is 11.8 Å². The molecule has 1 amide bonds. The van der Waals surface area contributed by atoms with Crippen LogP contribution in [0.4, 0.5) is 0 Å². The van der Waals surface area contributed by atoms with Gasteiger partial charge < -0.3 is 10.6 Å². The molecule has 1 aliphatic carbocycles. The van der Waals surface area contributed by atoms with Crippen molar-refractivity contribution < 1.29 is 9.59 Å². The number of amides is 1. The summed E-state index contributed by atoms with van der Waals surface area (Å²) in [5.74, 6) is 0.110. The van der Waals surface area contributed by atoms with Gasteiger partial charge in [0.2, 0.25) is 5.91 Å². The number of nitrogens with zero attached hydrogens (tertiary/aromatic N) is 1. The van der Waals surface area contributed by atoms with E-state index in [1.807, 2.05) is 0 Å². The van der Waals surface area contributed by atoms with Crippen LogP contribution in [-0.2, 0) is 9.59 Å². The molecule has 0 aromatic heterocycles. The van der Waals surface area contributed by atoms with E-state index in [1.165, 1.54) is 0 Å². The maximum absolute atomic E-state index is 12.3. The van der Waals surface area contributed by atoms with Crippen molar-refractivity contribution in [2.45, 2.75) is 32.6 Å². The highest BCUT2D eigenvalue weighted by Crippen LogP contribution is 2.30. The van der Waals surface area contributed by atoms with Gasteiger partial charge in [-0.15, -0.1) is 0 Å². The van der Waals surface area contributed by atoms with Gasteiger partial charge in [-0.1, -0.05) is 12.8 Å². The van der Waals surface area contributed by atoms with Crippen LogP contribution in [0.1, 0.15) is 32.6 Å². The smallest absolute Gasteiger partial charge is 0.223 e. The normalized spacial score (nSPS) is 28.1. The summed E-state index contributed by atoms with van der Waals surface area (Å²) in [5, 5.41) is 6.35. The molecule has 2 fully saturated rings. The molecule has 2 N–H and O–H groups in total. The monoisotopic (exact) mass is 281 g/mol. The van der Waals surface area contributed by atoms with Gasteiger partial charge in [-0.25, -0.2) is 0 Å². The SMILES string of the molecule is CC(=O)[C@@H]1CCCC[C@@H]1C(=O)NCCN1CCNCC1. The molecule has 0 spiro atoms. The van der Waals surface area contributed by atoms with Gasteiger partial charge in [0.15, 0.2) is 0 Å². The fourth-order valence-electron chi connectivity index (χ4n) is 3.33. The highest BCUT2D eigenvalue weighted by Gasteiger charge is 2.33. The van der Waals surface area contributed by atoms with Crippen LogP contribution in [0.2, 0.25) is 0 Å². The first kappa shape index (κ1) is 15.4. The molecule has 2 rings (SSSR count). The van der Waals surface area contributed by atoms with Gasteiger partial charge in [-0.05, 0) is 19.8 Å². The summed E-state index contributed by atoms with van der Waals surface area (Å²) < 4.78 is 0. The van der Waals surface area contributed by atoms with E-state index in [0.29, 0.717) is 6.54 Å². The van der Waals surface area contributed by atoms with Crippen molar-refractivity contribution in [3.63, 3.8) is 0 Å². The number of carbonyl (C=O) groups excluding carboxylic acids is 2. The van der Waals surface area contributed by atoms with Crippen LogP contribution >= 0.6 is 0 Å². The Bertz CT molecular complexity index is 340. The second kappa shape index (κ2) is 7.74. The number of piperazine rings is 1. The first-order chi connectivity index (χ1) is 9.68. The zero-order valence-corrected chi connectivity index (χ0v) is 12.5. The van der Waals surface area contributed by atoms with Gasteiger partial charge in [0.1, 0.15) is 5.78 Å². The van der Waals surface area contributed by atoms with Crippen LogP contribution in [0.15, 0.2) is 0 Å². The highest BCUT2D eigenvalue weighted by atomic mass is 16.2. The third kappa shape index (κ3) is 4.28. The van der Waals surface area contributed by atoms with Gasteiger partial charge in [0, 0.05) is 51.1 Å². The zero-order valence-electron chi connectivity index (χ0n) is 12.5. The Kier molecular flexibility index (Phi) is 5.98. The van der Waals surface area contributed by atoms with Crippen molar-refractivity contribution in [1.29, 1.82) is 0 Å². The summed E-state index contributed by atoms with van der Waals surface area (Å²) in [4.78, 5) is 26.3.